The minimum absolute atomic E-state index is 0.0407. The first-order valence-corrected chi connectivity index (χ1v) is 8.35. The van der Waals surface area contributed by atoms with Gasteiger partial charge in [-0.1, -0.05) is 6.07 Å². The summed E-state index contributed by atoms with van der Waals surface area (Å²) in [4.78, 5) is 35.9. The van der Waals surface area contributed by atoms with Crippen LogP contribution in [-0.2, 0) is 11.0 Å². The predicted octanol–water partition coefficient (Wildman–Crippen LogP) is 1.81. The predicted molar refractivity (Wildman–Crippen MR) is 95.2 cm³/mol. The zero-order chi connectivity index (χ0) is 21.1. The van der Waals surface area contributed by atoms with Gasteiger partial charge < -0.3 is 10.6 Å². The maximum atomic E-state index is 12.9. The molecule has 1 aromatic carbocycles. The number of hydrogen-bond acceptors (Lipinski definition) is 4. The highest BCUT2D eigenvalue weighted by Crippen LogP contribution is 2.30. The average molecular weight is 396 g/mol. The molecule has 1 heterocycles. The summed E-state index contributed by atoms with van der Waals surface area (Å²) in [6, 6.07) is 5.31. The van der Waals surface area contributed by atoms with Crippen LogP contribution in [0.25, 0.3) is 5.69 Å². The first-order valence-electron chi connectivity index (χ1n) is 8.35. The molecule has 2 amide bonds. The smallest absolute Gasteiger partial charge is 0.352 e. The van der Waals surface area contributed by atoms with Crippen LogP contribution in [0.2, 0.25) is 0 Å². The SMILES string of the molecule is Cc1cc(=O)c(C(=O)NCC(=O)NC(C)C)nn1-c1cccc(C(F)(F)F)c1. The Bertz CT molecular complexity index is 952. The van der Waals surface area contributed by atoms with E-state index in [0.717, 1.165) is 22.9 Å². The molecule has 0 bridgehead atoms. The molecule has 0 saturated heterocycles. The molecular formula is C18H19F3N4O3. The Labute approximate surface area is 158 Å². The standard InChI is InChI=1S/C18H19F3N4O3/c1-10(2)23-15(27)9-22-17(28)16-14(26)7-11(3)25(24-16)13-6-4-5-12(8-13)18(19,20)21/h4-8,10H,9H2,1-3H3,(H,22,28)(H,23,27). The number of alkyl halides is 3. The van der Waals surface area contributed by atoms with Crippen molar-refractivity contribution in [2.75, 3.05) is 6.54 Å². The third-order valence-corrected chi connectivity index (χ3v) is 3.60. The van der Waals surface area contributed by atoms with Crippen LogP contribution in [0.4, 0.5) is 13.2 Å². The Kier molecular flexibility index (Phi) is 6.22. The maximum absolute atomic E-state index is 12.9. The third-order valence-electron chi connectivity index (χ3n) is 3.60. The monoisotopic (exact) mass is 396 g/mol. The van der Waals surface area contributed by atoms with Gasteiger partial charge in [-0.15, -0.1) is 0 Å². The molecule has 0 unspecified atom stereocenters. The number of rotatable bonds is 5. The van der Waals surface area contributed by atoms with E-state index in [4.69, 9.17) is 0 Å². The van der Waals surface area contributed by atoms with E-state index >= 15 is 0 Å². The fraction of sp³-hybridized carbons (Fsp3) is 0.333. The molecule has 2 N–H and O–H groups in total. The minimum atomic E-state index is -4.55. The molecule has 0 radical (unpaired) electrons. The van der Waals surface area contributed by atoms with Crippen LogP contribution in [-0.4, -0.2) is 34.2 Å². The van der Waals surface area contributed by atoms with E-state index in [9.17, 15) is 27.6 Å². The first-order chi connectivity index (χ1) is 13.0. The van der Waals surface area contributed by atoms with Gasteiger partial charge >= 0.3 is 6.18 Å². The van der Waals surface area contributed by atoms with Crippen LogP contribution in [0.3, 0.4) is 0 Å². The lowest BCUT2D eigenvalue weighted by Gasteiger charge is -2.14. The van der Waals surface area contributed by atoms with Crippen LogP contribution in [0.1, 0.15) is 35.6 Å². The molecule has 10 heteroatoms. The summed E-state index contributed by atoms with van der Waals surface area (Å²) >= 11 is 0. The minimum Gasteiger partial charge on any atom is -0.352 e. The molecule has 2 rings (SSSR count). The number of aryl methyl sites for hydroxylation is 1. The second kappa shape index (κ2) is 8.24. The lowest BCUT2D eigenvalue weighted by molar-refractivity contribution is -0.137. The molecule has 28 heavy (non-hydrogen) atoms. The Morgan fingerprint density at radius 1 is 1.21 bits per heavy atom. The van der Waals surface area contributed by atoms with Gasteiger partial charge in [0.25, 0.3) is 5.91 Å². The topological polar surface area (TPSA) is 93.1 Å². The van der Waals surface area contributed by atoms with Crippen molar-refractivity contribution in [3.63, 3.8) is 0 Å². The highest BCUT2D eigenvalue weighted by molar-refractivity contribution is 5.94. The van der Waals surface area contributed by atoms with Crippen molar-refractivity contribution in [3.05, 3.63) is 57.5 Å². The van der Waals surface area contributed by atoms with E-state index < -0.39 is 34.7 Å². The van der Waals surface area contributed by atoms with Gasteiger partial charge in [0.2, 0.25) is 11.3 Å². The summed E-state index contributed by atoms with van der Waals surface area (Å²) in [6.45, 7) is 4.60. The van der Waals surface area contributed by atoms with Crippen molar-refractivity contribution in [2.24, 2.45) is 0 Å². The number of benzene rings is 1. The Morgan fingerprint density at radius 3 is 2.50 bits per heavy atom. The normalized spacial score (nSPS) is 11.4. The number of nitrogens with one attached hydrogen (secondary N) is 2. The van der Waals surface area contributed by atoms with Crippen LogP contribution < -0.4 is 16.1 Å². The zero-order valence-electron chi connectivity index (χ0n) is 15.4. The molecule has 0 aliphatic heterocycles. The Hall–Kier alpha value is -3.17. The van der Waals surface area contributed by atoms with Gasteiger partial charge in [0, 0.05) is 17.8 Å². The van der Waals surface area contributed by atoms with Crippen molar-refractivity contribution >= 4 is 11.8 Å². The van der Waals surface area contributed by atoms with Gasteiger partial charge in [0.05, 0.1) is 17.8 Å². The van der Waals surface area contributed by atoms with Crippen molar-refractivity contribution in [1.29, 1.82) is 0 Å². The summed E-state index contributed by atoms with van der Waals surface area (Å²) in [7, 11) is 0. The van der Waals surface area contributed by atoms with Gasteiger partial charge in [-0.25, -0.2) is 4.68 Å². The second-order valence-electron chi connectivity index (χ2n) is 6.36. The summed E-state index contributed by atoms with van der Waals surface area (Å²) in [6.07, 6.45) is -4.55. The van der Waals surface area contributed by atoms with E-state index in [0.29, 0.717) is 0 Å². The van der Waals surface area contributed by atoms with Gasteiger partial charge in [-0.05, 0) is 39.0 Å². The highest BCUT2D eigenvalue weighted by atomic mass is 19.4. The molecule has 0 saturated carbocycles. The second-order valence-corrected chi connectivity index (χ2v) is 6.36. The molecule has 2 aromatic rings. The lowest BCUT2D eigenvalue weighted by atomic mass is 10.2. The van der Waals surface area contributed by atoms with Crippen molar-refractivity contribution < 1.29 is 22.8 Å². The highest BCUT2D eigenvalue weighted by Gasteiger charge is 2.30. The molecule has 150 valence electrons. The molecule has 0 aliphatic rings. The molecule has 7 nitrogen and oxygen atoms in total. The maximum Gasteiger partial charge on any atom is 0.416 e. The van der Waals surface area contributed by atoms with Gasteiger partial charge in [0.1, 0.15) is 0 Å². The molecular weight excluding hydrogens is 377 g/mol. The molecule has 0 aliphatic carbocycles. The molecule has 0 spiro atoms. The van der Waals surface area contributed by atoms with Crippen LogP contribution in [0.15, 0.2) is 35.1 Å². The molecule has 1 aromatic heterocycles. The summed E-state index contributed by atoms with van der Waals surface area (Å²) in [5.41, 5.74) is -1.83. The first kappa shape index (κ1) is 21.1. The van der Waals surface area contributed by atoms with E-state index in [1.165, 1.54) is 19.1 Å². The average Bonchev–Trinajstić information content (AvgIpc) is 2.58. The number of carbonyl (C=O) groups is 2. The number of amides is 2. The van der Waals surface area contributed by atoms with Crippen LogP contribution >= 0.6 is 0 Å². The van der Waals surface area contributed by atoms with Crippen molar-refractivity contribution in [2.45, 2.75) is 33.0 Å². The summed E-state index contributed by atoms with van der Waals surface area (Å²) < 4.78 is 39.9. The number of carbonyl (C=O) groups excluding carboxylic acids is 2. The lowest BCUT2D eigenvalue weighted by Crippen LogP contribution is -2.41. The van der Waals surface area contributed by atoms with E-state index in [1.807, 2.05) is 0 Å². The third kappa shape index (κ3) is 5.18. The van der Waals surface area contributed by atoms with Gasteiger partial charge in [-0.3, -0.25) is 14.4 Å². The van der Waals surface area contributed by atoms with E-state index in [2.05, 4.69) is 15.7 Å². The van der Waals surface area contributed by atoms with E-state index in [1.54, 1.807) is 13.8 Å². The Morgan fingerprint density at radius 2 is 1.89 bits per heavy atom. The largest absolute Gasteiger partial charge is 0.416 e. The molecule has 0 fully saturated rings. The van der Waals surface area contributed by atoms with E-state index in [-0.39, 0.29) is 24.0 Å². The van der Waals surface area contributed by atoms with Gasteiger partial charge in [0.15, 0.2) is 5.69 Å². The fourth-order valence-corrected chi connectivity index (χ4v) is 2.40. The quantitative estimate of drug-likeness (QED) is 0.806. The number of hydrogen-bond donors (Lipinski definition) is 2. The fourth-order valence-electron chi connectivity index (χ4n) is 2.40. The van der Waals surface area contributed by atoms with Gasteiger partial charge in [-0.2, -0.15) is 18.3 Å². The van der Waals surface area contributed by atoms with Crippen LogP contribution in [0.5, 0.6) is 0 Å². The Balaban J connectivity index is 2.34. The van der Waals surface area contributed by atoms with Crippen molar-refractivity contribution in [3.8, 4) is 5.69 Å². The number of nitrogens with zero attached hydrogens (tertiary/aromatic N) is 2. The number of halogens is 3. The summed E-state index contributed by atoms with van der Waals surface area (Å²) in [5.74, 6) is -1.35. The summed E-state index contributed by atoms with van der Waals surface area (Å²) in [5, 5.41) is 8.74. The van der Waals surface area contributed by atoms with Crippen molar-refractivity contribution in [1.82, 2.24) is 20.4 Å². The zero-order valence-corrected chi connectivity index (χ0v) is 15.4. The molecule has 0 atom stereocenters. The van der Waals surface area contributed by atoms with Crippen LogP contribution in [0, 0.1) is 6.92 Å². The number of aromatic nitrogens is 2.